The van der Waals surface area contributed by atoms with Crippen LogP contribution in [0.2, 0.25) is 0 Å². The Kier molecular flexibility index (Phi) is 8.11. The van der Waals surface area contributed by atoms with Gasteiger partial charge in [0.05, 0.1) is 18.8 Å². The molecule has 38 heavy (non-hydrogen) atoms. The third-order valence-electron chi connectivity index (χ3n) is 8.11. The first-order chi connectivity index (χ1) is 18.5. The van der Waals surface area contributed by atoms with E-state index in [1.165, 1.54) is 5.56 Å². The van der Waals surface area contributed by atoms with E-state index in [1.807, 2.05) is 30.3 Å². The summed E-state index contributed by atoms with van der Waals surface area (Å²) in [5.74, 6) is 1.19. The molecule has 1 aliphatic carbocycles. The number of ketones is 1. The van der Waals surface area contributed by atoms with Gasteiger partial charge in [0.2, 0.25) is 0 Å². The molecule has 1 heterocycles. The first kappa shape index (κ1) is 26.0. The first-order valence-electron chi connectivity index (χ1n) is 13.9. The number of benzene rings is 3. The van der Waals surface area contributed by atoms with E-state index >= 15 is 0 Å². The SMILES string of the molecule is CCC1CN(CC(=O)Cc2ccccc2)c2ccc(-c3ccc(C4CCC(CC(=O)O)CC4)cc3)cc2O1. The molecule has 3 aromatic carbocycles. The van der Waals surface area contributed by atoms with Crippen molar-refractivity contribution in [2.75, 3.05) is 18.0 Å². The first-order valence-corrected chi connectivity index (χ1v) is 13.9. The standard InChI is InChI=1S/C33H37NO4/c1-2-30-22-34(21-29(35)18-23-6-4-3-5-7-23)31-17-16-28(20-32(31)38-30)27-14-12-26(13-15-27)25-10-8-24(9-11-25)19-33(36)37/h3-7,12-17,20,24-25,30H,2,8-11,18-19,21-22H2,1H3,(H,36,37). The molecule has 5 nitrogen and oxygen atoms in total. The van der Waals surface area contributed by atoms with Crippen LogP contribution in [0.15, 0.2) is 72.8 Å². The maximum absolute atomic E-state index is 12.9. The number of carbonyl (C=O) groups excluding carboxylic acids is 1. The Morgan fingerprint density at radius 1 is 0.921 bits per heavy atom. The molecule has 3 aromatic rings. The molecule has 1 aliphatic heterocycles. The van der Waals surface area contributed by atoms with Crippen LogP contribution in [0.5, 0.6) is 5.75 Å². The van der Waals surface area contributed by atoms with Gasteiger partial charge in [0.1, 0.15) is 11.9 Å². The second-order valence-corrected chi connectivity index (χ2v) is 10.8. The second-order valence-electron chi connectivity index (χ2n) is 10.8. The summed E-state index contributed by atoms with van der Waals surface area (Å²) in [5.41, 5.74) is 5.61. The van der Waals surface area contributed by atoms with Gasteiger partial charge in [-0.2, -0.15) is 0 Å². The Labute approximate surface area is 225 Å². The van der Waals surface area contributed by atoms with Gasteiger partial charge in [-0.25, -0.2) is 0 Å². The van der Waals surface area contributed by atoms with E-state index in [0.29, 0.717) is 37.8 Å². The van der Waals surface area contributed by atoms with Crippen molar-refractivity contribution in [3.05, 3.63) is 83.9 Å². The fraction of sp³-hybridized carbons (Fsp3) is 0.394. The zero-order chi connectivity index (χ0) is 26.5. The van der Waals surface area contributed by atoms with Gasteiger partial charge in [-0.05, 0) is 78.3 Å². The molecule has 5 heteroatoms. The third kappa shape index (κ3) is 6.27. The van der Waals surface area contributed by atoms with E-state index in [-0.39, 0.29) is 11.9 Å². The molecule has 0 saturated heterocycles. The highest BCUT2D eigenvalue weighted by Gasteiger charge is 2.27. The van der Waals surface area contributed by atoms with Crippen molar-refractivity contribution < 1.29 is 19.4 Å². The minimum absolute atomic E-state index is 0.0564. The Morgan fingerprint density at radius 3 is 2.32 bits per heavy atom. The Balaban J connectivity index is 1.27. The van der Waals surface area contributed by atoms with Gasteiger partial charge >= 0.3 is 5.97 Å². The summed E-state index contributed by atoms with van der Waals surface area (Å²) < 4.78 is 6.33. The van der Waals surface area contributed by atoms with Gasteiger partial charge in [0, 0.05) is 12.8 Å². The number of aliphatic carboxylic acids is 1. The van der Waals surface area contributed by atoms with E-state index in [9.17, 15) is 9.59 Å². The van der Waals surface area contributed by atoms with Gasteiger partial charge in [-0.15, -0.1) is 0 Å². The molecule has 1 unspecified atom stereocenters. The normalized spacial score (nSPS) is 20.9. The van der Waals surface area contributed by atoms with Crippen LogP contribution in [-0.4, -0.2) is 36.1 Å². The molecule has 1 fully saturated rings. The summed E-state index contributed by atoms with van der Waals surface area (Å²) in [6, 6.07) is 25.0. The zero-order valence-corrected chi connectivity index (χ0v) is 22.1. The molecule has 1 atom stereocenters. The number of ether oxygens (including phenoxy) is 1. The number of carbonyl (C=O) groups is 2. The Morgan fingerprint density at radius 2 is 1.63 bits per heavy atom. The van der Waals surface area contributed by atoms with Crippen molar-refractivity contribution in [3.8, 4) is 16.9 Å². The summed E-state index contributed by atoms with van der Waals surface area (Å²) >= 11 is 0. The maximum Gasteiger partial charge on any atom is 0.303 e. The predicted octanol–water partition coefficient (Wildman–Crippen LogP) is 6.89. The lowest BCUT2D eigenvalue weighted by atomic mass is 9.77. The second kappa shape index (κ2) is 11.8. The van der Waals surface area contributed by atoms with E-state index in [4.69, 9.17) is 9.84 Å². The molecule has 0 aromatic heterocycles. The van der Waals surface area contributed by atoms with Gasteiger partial charge < -0.3 is 14.7 Å². The zero-order valence-electron chi connectivity index (χ0n) is 22.1. The van der Waals surface area contributed by atoms with Gasteiger partial charge in [0.15, 0.2) is 5.78 Å². The number of fused-ring (bicyclic) bond motifs is 1. The molecule has 0 radical (unpaired) electrons. The number of Topliss-reactive ketones (excluding diaryl/α,β-unsaturated/α-hetero) is 1. The average molecular weight is 512 g/mol. The fourth-order valence-corrected chi connectivity index (χ4v) is 5.96. The highest BCUT2D eigenvalue weighted by atomic mass is 16.5. The van der Waals surface area contributed by atoms with Crippen molar-refractivity contribution >= 4 is 17.4 Å². The molecule has 198 valence electrons. The van der Waals surface area contributed by atoms with Crippen molar-refractivity contribution in [3.63, 3.8) is 0 Å². The summed E-state index contributed by atoms with van der Waals surface area (Å²) in [5, 5.41) is 9.07. The van der Waals surface area contributed by atoms with Crippen LogP contribution < -0.4 is 9.64 Å². The van der Waals surface area contributed by atoms with Crippen LogP contribution in [0.4, 0.5) is 5.69 Å². The predicted molar refractivity (Wildman–Crippen MR) is 151 cm³/mol. The molecule has 0 amide bonds. The quantitative estimate of drug-likeness (QED) is 0.339. The number of rotatable bonds is 9. The maximum atomic E-state index is 12.9. The molecular weight excluding hydrogens is 474 g/mol. The van der Waals surface area contributed by atoms with E-state index in [1.54, 1.807) is 0 Å². The van der Waals surface area contributed by atoms with Crippen molar-refractivity contribution in [2.24, 2.45) is 5.92 Å². The highest BCUT2D eigenvalue weighted by Crippen LogP contribution is 2.40. The number of anilines is 1. The van der Waals surface area contributed by atoms with E-state index in [2.05, 4.69) is 54.3 Å². The molecule has 0 spiro atoms. The highest BCUT2D eigenvalue weighted by molar-refractivity contribution is 5.86. The number of carboxylic acid groups (broad SMARTS) is 1. The molecular formula is C33H37NO4. The number of hydrogen-bond donors (Lipinski definition) is 1. The van der Waals surface area contributed by atoms with Gasteiger partial charge in [0.25, 0.3) is 0 Å². The molecule has 5 rings (SSSR count). The number of nitrogens with zero attached hydrogens (tertiary/aromatic N) is 1. The van der Waals surface area contributed by atoms with Crippen LogP contribution in [0.1, 0.15) is 62.5 Å². The monoisotopic (exact) mass is 511 g/mol. The van der Waals surface area contributed by atoms with Crippen LogP contribution >= 0.6 is 0 Å². The lowest BCUT2D eigenvalue weighted by molar-refractivity contribution is -0.138. The molecule has 2 aliphatic rings. The van der Waals surface area contributed by atoms with Crippen LogP contribution in [-0.2, 0) is 16.0 Å². The number of hydrogen-bond acceptors (Lipinski definition) is 4. The lowest BCUT2D eigenvalue weighted by Gasteiger charge is -2.36. The van der Waals surface area contributed by atoms with Crippen LogP contribution in [0.3, 0.4) is 0 Å². The van der Waals surface area contributed by atoms with E-state index in [0.717, 1.165) is 60.2 Å². The van der Waals surface area contributed by atoms with Gasteiger partial charge in [-0.3, -0.25) is 9.59 Å². The largest absolute Gasteiger partial charge is 0.486 e. The van der Waals surface area contributed by atoms with Crippen molar-refractivity contribution in [1.29, 1.82) is 0 Å². The minimum atomic E-state index is -0.681. The smallest absolute Gasteiger partial charge is 0.303 e. The summed E-state index contributed by atoms with van der Waals surface area (Å²) in [4.78, 5) is 26.1. The topological polar surface area (TPSA) is 66.8 Å². The molecule has 1 saturated carbocycles. The van der Waals surface area contributed by atoms with Crippen LogP contribution in [0.25, 0.3) is 11.1 Å². The van der Waals surface area contributed by atoms with E-state index < -0.39 is 5.97 Å². The third-order valence-corrected chi connectivity index (χ3v) is 8.11. The van der Waals surface area contributed by atoms with Crippen molar-refractivity contribution in [1.82, 2.24) is 0 Å². The minimum Gasteiger partial charge on any atom is -0.486 e. The Bertz CT molecular complexity index is 1250. The molecule has 0 bridgehead atoms. The summed E-state index contributed by atoms with van der Waals surface area (Å²) in [6.45, 7) is 3.22. The van der Waals surface area contributed by atoms with Gasteiger partial charge in [-0.1, -0.05) is 67.6 Å². The van der Waals surface area contributed by atoms with Crippen molar-refractivity contribution in [2.45, 2.75) is 63.9 Å². The summed E-state index contributed by atoms with van der Waals surface area (Å²) in [6.07, 6.45) is 5.77. The average Bonchev–Trinajstić information content (AvgIpc) is 2.93. The lowest BCUT2D eigenvalue weighted by Crippen LogP contribution is -2.42. The fourth-order valence-electron chi connectivity index (χ4n) is 5.96. The Hall–Kier alpha value is -3.60. The van der Waals surface area contributed by atoms with Crippen LogP contribution in [0, 0.1) is 5.92 Å². The summed E-state index contributed by atoms with van der Waals surface area (Å²) in [7, 11) is 0. The molecule has 1 N–H and O–H groups in total. The number of carboxylic acids is 1.